The summed E-state index contributed by atoms with van der Waals surface area (Å²) in [6.07, 6.45) is 4.68. The number of fused-ring (bicyclic) bond motifs is 1. The minimum atomic E-state index is -0.598. The van der Waals surface area contributed by atoms with E-state index in [-0.39, 0.29) is 6.10 Å². The van der Waals surface area contributed by atoms with E-state index in [2.05, 4.69) is 28.3 Å². The van der Waals surface area contributed by atoms with Gasteiger partial charge < -0.3 is 14.2 Å². The highest BCUT2D eigenvalue weighted by Gasteiger charge is 2.31. The molecule has 0 aliphatic carbocycles. The normalized spacial score (nSPS) is 20.2. The second-order valence-corrected chi connectivity index (χ2v) is 9.15. The molecule has 1 aliphatic rings. The second kappa shape index (κ2) is 10.7. The van der Waals surface area contributed by atoms with Crippen molar-refractivity contribution in [3.8, 4) is 5.75 Å². The molecular formula is C26H25Cl2N3O3. The fourth-order valence-electron chi connectivity index (χ4n) is 4.19. The number of ether oxygens (including phenoxy) is 3. The van der Waals surface area contributed by atoms with Crippen LogP contribution in [0.15, 0.2) is 79.4 Å². The molecule has 6 nitrogen and oxygen atoms in total. The van der Waals surface area contributed by atoms with Gasteiger partial charge in [0.25, 0.3) is 0 Å². The van der Waals surface area contributed by atoms with Crippen molar-refractivity contribution in [2.75, 3.05) is 6.61 Å². The first-order chi connectivity index (χ1) is 16.7. The lowest BCUT2D eigenvalue weighted by molar-refractivity contribution is -0.224. The van der Waals surface area contributed by atoms with Gasteiger partial charge >= 0.3 is 0 Å². The van der Waals surface area contributed by atoms with E-state index in [1.54, 1.807) is 11.0 Å². The second-order valence-electron chi connectivity index (χ2n) is 8.26. The summed E-state index contributed by atoms with van der Waals surface area (Å²) in [5.41, 5.74) is 0.289. The summed E-state index contributed by atoms with van der Waals surface area (Å²) in [6, 6.07) is 21.7. The fourth-order valence-corrected chi connectivity index (χ4v) is 4.62. The van der Waals surface area contributed by atoms with Crippen LogP contribution in [0.2, 0.25) is 5.02 Å². The van der Waals surface area contributed by atoms with Crippen LogP contribution in [-0.4, -0.2) is 33.8 Å². The standard InChI is InChI=1S/C26H25Cl2N3O3/c27-20-13-11-19(12-14-20)25(26(28)31-17-29-16-30-31)34-24-10-4-7-21(33-24)15-32-23-9-3-6-18-5-1-2-8-22(18)23/h1-3,5-6,8-9,11-14,16-17,21,24-26H,4,7,10,15H2. The average Bonchev–Trinajstić information content (AvgIpc) is 3.42. The summed E-state index contributed by atoms with van der Waals surface area (Å²) in [4.78, 5) is 4.01. The first-order valence-corrected chi connectivity index (χ1v) is 12.1. The maximum atomic E-state index is 6.76. The van der Waals surface area contributed by atoms with Crippen molar-refractivity contribution < 1.29 is 14.2 Å². The van der Waals surface area contributed by atoms with Crippen LogP contribution in [0.1, 0.15) is 36.4 Å². The van der Waals surface area contributed by atoms with Gasteiger partial charge in [-0.1, -0.05) is 71.7 Å². The summed E-state index contributed by atoms with van der Waals surface area (Å²) in [6.45, 7) is 0.451. The van der Waals surface area contributed by atoms with E-state index in [1.807, 2.05) is 48.5 Å². The molecule has 1 aliphatic heterocycles. The lowest BCUT2D eigenvalue weighted by Gasteiger charge is -2.34. The number of aromatic nitrogens is 3. The zero-order valence-electron chi connectivity index (χ0n) is 18.5. The van der Waals surface area contributed by atoms with E-state index in [1.165, 1.54) is 6.33 Å². The Morgan fingerprint density at radius 3 is 2.68 bits per heavy atom. The highest BCUT2D eigenvalue weighted by Crippen LogP contribution is 2.36. The molecule has 8 heteroatoms. The van der Waals surface area contributed by atoms with Crippen LogP contribution in [-0.2, 0) is 9.47 Å². The number of halogens is 2. The lowest BCUT2D eigenvalue weighted by atomic mass is 10.1. The molecule has 0 amide bonds. The highest BCUT2D eigenvalue weighted by atomic mass is 35.5. The highest BCUT2D eigenvalue weighted by molar-refractivity contribution is 6.30. The van der Waals surface area contributed by atoms with Gasteiger partial charge in [0.15, 0.2) is 11.8 Å². The van der Waals surface area contributed by atoms with Crippen molar-refractivity contribution in [1.29, 1.82) is 0 Å². The molecule has 4 aromatic rings. The third-order valence-electron chi connectivity index (χ3n) is 5.92. The van der Waals surface area contributed by atoms with E-state index >= 15 is 0 Å². The Morgan fingerprint density at radius 2 is 1.85 bits per heavy atom. The molecular weight excluding hydrogens is 473 g/mol. The zero-order chi connectivity index (χ0) is 23.3. The average molecular weight is 498 g/mol. The van der Waals surface area contributed by atoms with Crippen LogP contribution < -0.4 is 4.74 Å². The van der Waals surface area contributed by atoms with Gasteiger partial charge in [-0.25, -0.2) is 9.67 Å². The van der Waals surface area contributed by atoms with Crippen LogP contribution in [0.4, 0.5) is 0 Å². The summed E-state index contributed by atoms with van der Waals surface area (Å²) in [5.74, 6) is 0.857. The summed E-state index contributed by atoms with van der Waals surface area (Å²) in [5, 5.41) is 7.07. The molecule has 3 aromatic carbocycles. The molecule has 0 N–H and O–H groups in total. The third kappa shape index (κ3) is 5.36. The molecule has 0 radical (unpaired) electrons. The van der Waals surface area contributed by atoms with Crippen molar-refractivity contribution in [1.82, 2.24) is 14.8 Å². The van der Waals surface area contributed by atoms with Crippen LogP contribution in [0.25, 0.3) is 10.8 Å². The third-order valence-corrected chi connectivity index (χ3v) is 6.60. The van der Waals surface area contributed by atoms with Gasteiger partial charge in [-0.2, -0.15) is 5.10 Å². The van der Waals surface area contributed by atoms with Crippen LogP contribution in [0.3, 0.4) is 0 Å². The predicted octanol–water partition coefficient (Wildman–Crippen LogP) is 6.55. The number of nitrogens with zero attached hydrogens (tertiary/aromatic N) is 3. The number of hydrogen-bond donors (Lipinski definition) is 0. The van der Waals surface area contributed by atoms with Gasteiger partial charge in [0.05, 0.1) is 6.10 Å². The van der Waals surface area contributed by atoms with Gasteiger partial charge in [0.1, 0.15) is 31.1 Å². The minimum absolute atomic E-state index is 0.0799. The Labute approximate surface area is 208 Å². The Balaban J connectivity index is 1.27. The van der Waals surface area contributed by atoms with Crippen molar-refractivity contribution >= 4 is 34.0 Å². The maximum absolute atomic E-state index is 6.76. The Hall–Kier alpha value is -2.64. The summed E-state index contributed by atoms with van der Waals surface area (Å²) >= 11 is 12.9. The summed E-state index contributed by atoms with van der Waals surface area (Å²) in [7, 11) is 0. The molecule has 1 fully saturated rings. The van der Waals surface area contributed by atoms with Crippen LogP contribution in [0.5, 0.6) is 5.75 Å². The quantitative estimate of drug-likeness (QED) is 0.258. The first kappa shape index (κ1) is 23.1. The van der Waals surface area contributed by atoms with Crippen molar-refractivity contribution in [3.05, 3.63) is 90.0 Å². The van der Waals surface area contributed by atoms with E-state index < -0.39 is 17.9 Å². The monoisotopic (exact) mass is 497 g/mol. The van der Waals surface area contributed by atoms with Gasteiger partial charge in [-0.05, 0) is 48.4 Å². The lowest BCUT2D eigenvalue weighted by Crippen LogP contribution is -2.35. The molecule has 176 valence electrons. The maximum Gasteiger partial charge on any atom is 0.159 e. The number of benzene rings is 3. The predicted molar refractivity (Wildman–Crippen MR) is 132 cm³/mol. The van der Waals surface area contributed by atoms with E-state index in [0.29, 0.717) is 11.6 Å². The zero-order valence-corrected chi connectivity index (χ0v) is 20.0. The molecule has 0 bridgehead atoms. The molecule has 4 atom stereocenters. The van der Waals surface area contributed by atoms with Gasteiger partial charge in [0, 0.05) is 10.4 Å². The van der Waals surface area contributed by atoms with Crippen molar-refractivity contribution in [2.45, 2.75) is 43.3 Å². The Kier molecular flexibility index (Phi) is 7.30. The molecule has 1 aromatic heterocycles. The molecule has 0 spiro atoms. The fraction of sp³-hybridized carbons (Fsp3) is 0.308. The molecule has 5 rings (SSSR count). The Bertz CT molecular complexity index is 1200. The van der Waals surface area contributed by atoms with Crippen LogP contribution in [0, 0.1) is 0 Å². The Morgan fingerprint density at radius 1 is 1.03 bits per heavy atom. The SMILES string of the molecule is Clc1ccc(C(OC2CCCC(COc3cccc4ccccc34)O2)C(Cl)n2cncn2)cc1. The van der Waals surface area contributed by atoms with Gasteiger partial charge in [0.2, 0.25) is 0 Å². The van der Waals surface area contributed by atoms with E-state index in [0.717, 1.165) is 41.3 Å². The van der Waals surface area contributed by atoms with Gasteiger partial charge in [-0.15, -0.1) is 0 Å². The largest absolute Gasteiger partial charge is 0.490 e. The first-order valence-electron chi connectivity index (χ1n) is 11.3. The topological polar surface area (TPSA) is 58.4 Å². The van der Waals surface area contributed by atoms with Crippen molar-refractivity contribution in [3.63, 3.8) is 0 Å². The number of rotatable bonds is 8. The number of alkyl halides is 1. The minimum Gasteiger partial charge on any atom is -0.490 e. The van der Waals surface area contributed by atoms with E-state index in [4.69, 9.17) is 37.4 Å². The molecule has 34 heavy (non-hydrogen) atoms. The molecule has 0 saturated carbocycles. The van der Waals surface area contributed by atoms with E-state index in [9.17, 15) is 0 Å². The smallest absolute Gasteiger partial charge is 0.159 e. The molecule has 4 unspecified atom stereocenters. The van der Waals surface area contributed by atoms with Gasteiger partial charge in [-0.3, -0.25) is 0 Å². The van der Waals surface area contributed by atoms with Crippen LogP contribution >= 0.6 is 23.2 Å². The van der Waals surface area contributed by atoms with Crippen molar-refractivity contribution in [2.24, 2.45) is 0 Å². The number of hydrogen-bond acceptors (Lipinski definition) is 5. The summed E-state index contributed by atoms with van der Waals surface area (Å²) < 4.78 is 20.4. The molecule has 2 heterocycles. The molecule has 1 saturated heterocycles.